The number of nitrogens with zero attached hydrogens (tertiary/aromatic N) is 2. The van der Waals surface area contributed by atoms with E-state index in [1.807, 2.05) is 44.2 Å². The second kappa shape index (κ2) is 24.8. The first-order valence-electron chi connectivity index (χ1n) is 18.0. The first-order valence-corrected chi connectivity index (χ1v) is 18.0. The number of hydrogen-bond donors (Lipinski definition) is 0. The van der Waals surface area contributed by atoms with Gasteiger partial charge in [-0.25, -0.2) is 0 Å². The molecule has 0 N–H and O–H groups in total. The maximum Gasteiger partial charge on any atom is 0.106 e. The van der Waals surface area contributed by atoms with Crippen molar-refractivity contribution in [2.75, 3.05) is 26.3 Å². The predicted octanol–water partition coefficient (Wildman–Crippen LogP) is 11.1. The molecule has 46 heavy (non-hydrogen) atoms. The van der Waals surface area contributed by atoms with Gasteiger partial charge in [-0.1, -0.05) is 104 Å². The van der Waals surface area contributed by atoms with Crippen molar-refractivity contribution in [3.05, 3.63) is 84.1 Å². The first-order chi connectivity index (χ1) is 21.9. The average molecular weight is 639 g/mol. The summed E-state index contributed by atoms with van der Waals surface area (Å²) in [6, 6.07) is 19.0. The molecule has 1 aliphatic carbocycles. The maximum absolute atomic E-state index is 5.43. The molecule has 0 atom stereocenters. The Morgan fingerprint density at radius 1 is 0.739 bits per heavy atom. The van der Waals surface area contributed by atoms with E-state index in [-0.39, 0.29) is 0 Å². The fourth-order valence-corrected chi connectivity index (χ4v) is 5.43. The van der Waals surface area contributed by atoms with E-state index < -0.39 is 0 Å². The van der Waals surface area contributed by atoms with Crippen molar-refractivity contribution < 1.29 is 13.9 Å². The number of aryl methyl sites for hydroxylation is 1. The molecule has 0 spiro atoms. The normalized spacial score (nSPS) is 15.4. The minimum Gasteiger partial charge on any atom is -0.469 e. The molecule has 5 rings (SSSR count). The van der Waals surface area contributed by atoms with E-state index in [1.54, 1.807) is 6.26 Å². The molecule has 0 radical (unpaired) electrons. The van der Waals surface area contributed by atoms with Crippen LogP contribution in [0.2, 0.25) is 0 Å². The molecule has 2 fully saturated rings. The lowest BCUT2D eigenvalue weighted by molar-refractivity contribution is 0.0238. The molecule has 1 saturated carbocycles. The Balaban J connectivity index is 0.000000289. The third-order valence-electron chi connectivity index (χ3n) is 8.48. The summed E-state index contributed by atoms with van der Waals surface area (Å²) in [6.07, 6.45) is 11.6. The van der Waals surface area contributed by atoms with Crippen LogP contribution < -0.4 is 0 Å². The van der Waals surface area contributed by atoms with E-state index >= 15 is 0 Å². The van der Waals surface area contributed by atoms with Crippen molar-refractivity contribution in [1.82, 2.24) is 9.47 Å². The molecule has 1 aliphatic heterocycles. The van der Waals surface area contributed by atoms with Crippen molar-refractivity contribution in [3.63, 3.8) is 0 Å². The highest BCUT2D eigenvalue weighted by Crippen LogP contribution is 2.29. The first kappa shape index (κ1) is 41.7. The Kier molecular flexibility index (Phi) is 22.5. The van der Waals surface area contributed by atoms with Gasteiger partial charge in [-0.15, -0.1) is 0 Å². The second-order valence-corrected chi connectivity index (χ2v) is 14.1. The quantitative estimate of drug-likeness (QED) is 0.258. The third kappa shape index (κ3) is 19.4. The average Bonchev–Trinajstić information content (AvgIpc) is 3.75. The van der Waals surface area contributed by atoms with Gasteiger partial charge in [0, 0.05) is 44.0 Å². The van der Waals surface area contributed by atoms with Crippen LogP contribution in [0.3, 0.4) is 0 Å². The summed E-state index contributed by atoms with van der Waals surface area (Å²) < 4.78 is 17.9. The van der Waals surface area contributed by atoms with Gasteiger partial charge in [-0.3, -0.25) is 4.90 Å². The van der Waals surface area contributed by atoms with Gasteiger partial charge in [0.1, 0.15) is 5.76 Å². The Morgan fingerprint density at radius 2 is 1.37 bits per heavy atom. The Hall–Kier alpha value is -2.34. The number of ether oxygens (including phenoxy) is 2. The topological polar surface area (TPSA) is 39.8 Å². The number of rotatable bonds is 7. The van der Waals surface area contributed by atoms with Gasteiger partial charge < -0.3 is 18.5 Å². The standard InChI is InChI=1S/C10H14O.C9H18.C8H13N.C7H15NO.C7H10O/c1-9(2)11-8-10-6-4-3-5-7-10;1-8(2)9-6-4-3-5-7-9;1-7(2)8-5-4-6-9(8)3;1-7(2)8-3-5-9-6-4-8;1-6(2)7-4-3-5-8-7/h3-7,9H,8H2,1-2H3;8-9H,3-7H2,1-2H3;4-7H,1-3H3;7H,3-6H2,1-2H3;3-6H,1-2H3. The van der Waals surface area contributed by atoms with Crippen LogP contribution in [-0.4, -0.2) is 47.9 Å². The number of morpholine rings is 1. The van der Waals surface area contributed by atoms with Gasteiger partial charge in [0.05, 0.1) is 32.2 Å². The Morgan fingerprint density at radius 3 is 1.72 bits per heavy atom. The molecule has 3 aromatic rings. The van der Waals surface area contributed by atoms with Crippen LogP contribution in [0.15, 0.2) is 71.5 Å². The summed E-state index contributed by atoms with van der Waals surface area (Å²) in [5.41, 5.74) is 2.64. The fourth-order valence-electron chi connectivity index (χ4n) is 5.43. The minimum atomic E-state index is 0.315. The molecule has 3 heterocycles. The summed E-state index contributed by atoms with van der Waals surface area (Å²) >= 11 is 0. The van der Waals surface area contributed by atoms with Crippen LogP contribution in [-0.2, 0) is 23.1 Å². The monoisotopic (exact) mass is 639 g/mol. The zero-order chi connectivity index (χ0) is 34.3. The summed E-state index contributed by atoms with van der Waals surface area (Å²) in [7, 11) is 2.08. The number of benzene rings is 1. The number of aromatic nitrogens is 1. The molecule has 2 aliphatic rings. The lowest BCUT2D eigenvalue weighted by atomic mass is 9.82. The fraction of sp³-hybridized carbons (Fsp3) is 0.659. The largest absolute Gasteiger partial charge is 0.469 e. The highest BCUT2D eigenvalue weighted by molar-refractivity contribution is 5.13. The molecule has 1 aromatic carbocycles. The number of hydrogen-bond acceptors (Lipinski definition) is 4. The summed E-state index contributed by atoms with van der Waals surface area (Å²) in [4.78, 5) is 2.43. The van der Waals surface area contributed by atoms with Crippen LogP contribution in [0.4, 0.5) is 0 Å². The van der Waals surface area contributed by atoms with Crippen molar-refractivity contribution in [3.8, 4) is 0 Å². The Bertz CT molecular complexity index is 1040. The molecule has 5 nitrogen and oxygen atoms in total. The third-order valence-corrected chi connectivity index (χ3v) is 8.48. The van der Waals surface area contributed by atoms with Gasteiger partial charge in [-0.05, 0) is 75.3 Å². The zero-order valence-electron chi connectivity index (χ0n) is 31.5. The predicted molar refractivity (Wildman–Crippen MR) is 198 cm³/mol. The minimum absolute atomic E-state index is 0.315. The lowest BCUT2D eigenvalue weighted by Gasteiger charge is -2.29. The molecule has 262 valence electrons. The zero-order valence-corrected chi connectivity index (χ0v) is 31.5. The summed E-state index contributed by atoms with van der Waals surface area (Å²) in [5, 5.41) is 0. The van der Waals surface area contributed by atoms with Crippen molar-refractivity contribution in [2.24, 2.45) is 18.9 Å². The Labute approximate surface area is 284 Å². The highest BCUT2D eigenvalue weighted by Gasteiger charge is 2.15. The summed E-state index contributed by atoms with van der Waals surface area (Å²) in [6.45, 7) is 26.7. The molecule has 0 amide bonds. The SMILES string of the molecule is CC(C)C1CCCCC1.CC(C)N1CCOCC1.CC(C)OCc1ccccc1.CC(C)c1cccn1C.CC(C)c1ccco1. The van der Waals surface area contributed by atoms with Crippen molar-refractivity contribution >= 4 is 0 Å². The van der Waals surface area contributed by atoms with E-state index in [9.17, 15) is 0 Å². The maximum atomic E-state index is 5.43. The van der Waals surface area contributed by atoms with Crippen molar-refractivity contribution in [2.45, 2.75) is 132 Å². The lowest BCUT2D eigenvalue weighted by Crippen LogP contribution is -2.40. The molecule has 2 aromatic heterocycles. The smallest absolute Gasteiger partial charge is 0.106 e. The second-order valence-electron chi connectivity index (χ2n) is 14.1. The molecule has 5 heteroatoms. The van der Waals surface area contributed by atoms with E-state index in [0.29, 0.717) is 24.0 Å². The van der Waals surface area contributed by atoms with Gasteiger partial charge in [0.2, 0.25) is 0 Å². The van der Waals surface area contributed by atoms with Crippen LogP contribution in [0, 0.1) is 11.8 Å². The van der Waals surface area contributed by atoms with E-state index in [4.69, 9.17) is 13.9 Å². The van der Waals surface area contributed by atoms with Crippen LogP contribution in [0.1, 0.15) is 130 Å². The molecule has 1 saturated heterocycles. The molecule has 0 unspecified atom stereocenters. The van der Waals surface area contributed by atoms with Crippen LogP contribution >= 0.6 is 0 Å². The van der Waals surface area contributed by atoms with Gasteiger partial charge in [0.15, 0.2) is 0 Å². The van der Waals surface area contributed by atoms with E-state index in [2.05, 4.69) is 102 Å². The van der Waals surface area contributed by atoms with E-state index in [1.165, 1.54) is 43.4 Å². The van der Waals surface area contributed by atoms with Gasteiger partial charge in [0.25, 0.3) is 0 Å². The molecular weight excluding hydrogens is 568 g/mol. The van der Waals surface area contributed by atoms with Gasteiger partial charge >= 0.3 is 0 Å². The molecular formula is C41H70N2O3. The van der Waals surface area contributed by atoms with Crippen LogP contribution in [0.5, 0.6) is 0 Å². The number of furan rings is 1. The van der Waals surface area contributed by atoms with Gasteiger partial charge in [-0.2, -0.15) is 0 Å². The highest BCUT2D eigenvalue weighted by atomic mass is 16.5. The van der Waals surface area contributed by atoms with E-state index in [0.717, 1.165) is 50.5 Å². The van der Waals surface area contributed by atoms with Crippen molar-refractivity contribution in [1.29, 1.82) is 0 Å². The van der Waals surface area contributed by atoms with Crippen LogP contribution in [0.25, 0.3) is 0 Å². The molecule has 0 bridgehead atoms. The summed E-state index contributed by atoms with van der Waals surface area (Å²) in [5.74, 6) is 4.21.